The number of carboxylic acid groups (broad SMARTS) is 1. The predicted octanol–water partition coefficient (Wildman–Crippen LogP) is 3.91. The maximum Gasteiger partial charge on any atom is 0.407 e. The highest BCUT2D eigenvalue weighted by atomic mass is 32.2. The van der Waals surface area contributed by atoms with Crippen LogP contribution in [-0.2, 0) is 11.0 Å². The topological polar surface area (TPSA) is 86.7 Å². The molecule has 1 unspecified atom stereocenters. The molecule has 0 bridgehead atoms. The second kappa shape index (κ2) is 9.56. The number of carbonyl (C=O) groups is 2. The first-order valence-electron chi connectivity index (χ1n) is 8.44. The van der Waals surface area contributed by atoms with Crippen LogP contribution < -0.4 is 4.72 Å². The third-order valence-corrected chi connectivity index (χ3v) is 4.83. The Hall–Kier alpha value is -1.89. The maximum absolute atomic E-state index is 12.4. The lowest BCUT2D eigenvalue weighted by atomic mass is 10.0. The highest BCUT2D eigenvalue weighted by Crippen LogP contribution is 2.17. The van der Waals surface area contributed by atoms with Gasteiger partial charge in [0.25, 0.3) is 0 Å². The van der Waals surface area contributed by atoms with Crippen LogP contribution in [0.2, 0.25) is 0 Å². The summed E-state index contributed by atoms with van der Waals surface area (Å²) in [6.45, 7) is 7.55. The van der Waals surface area contributed by atoms with E-state index in [1.807, 2.05) is 6.92 Å². The standard InChI is InChI=1S/C18H28N2O4S/c1-5-6-12-25(24)19-15-9-7-8-14(13-15)16(21)10-11-20(17(22)23)18(2,3)4/h7-9,13,19H,5-6,10-12H2,1-4H3,(H,22,23). The Balaban J connectivity index is 2.71. The molecule has 0 heterocycles. The molecule has 1 amide bonds. The lowest BCUT2D eigenvalue weighted by molar-refractivity contribution is 0.0871. The lowest BCUT2D eigenvalue weighted by Crippen LogP contribution is -2.45. The van der Waals surface area contributed by atoms with Crippen molar-refractivity contribution in [1.82, 2.24) is 4.90 Å². The fourth-order valence-electron chi connectivity index (χ4n) is 2.29. The zero-order chi connectivity index (χ0) is 19.0. The number of rotatable bonds is 9. The van der Waals surface area contributed by atoms with Crippen molar-refractivity contribution in [3.05, 3.63) is 29.8 Å². The first-order chi connectivity index (χ1) is 11.6. The third-order valence-electron chi connectivity index (χ3n) is 3.70. The van der Waals surface area contributed by atoms with E-state index in [1.165, 1.54) is 4.90 Å². The maximum atomic E-state index is 12.4. The van der Waals surface area contributed by atoms with Crippen molar-refractivity contribution in [2.45, 2.75) is 52.5 Å². The van der Waals surface area contributed by atoms with Crippen LogP contribution in [0.25, 0.3) is 0 Å². The van der Waals surface area contributed by atoms with E-state index in [1.54, 1.807) is 45.0 Å². The highest BCUT2D eigenvalue weighted by molar-refractivity contribution is 7.86. The van der Waals surface area contributed by atoms with Gasteiger partial charge in [-0.25, -0.2) is 9.00 Å². The average Bonchev–Trinajstić information content (AvgIpc) is 2.51. The van der Waals surface area contributed by atoms with Gasteiger partial charge < -0.3 is 14.7 Å². The number of unbranched alkanes of at least 4 members (excludes halogenated alkanes) is 1. The van der Waals surface area contributed by atoms with Gasteiger partial charge in [-0.15, -0.1) is 0 Å². The molecule has 0 saturated carbocycles. The number of anilines is 1. The molecule has 0 aliphatic carbocycles. The van der Waals surface area contributed by atoms with E-state index in [9.17, 15) is 18.9 Å². The van der Waals surface area contributed by atoms with Crippen LogP contribution in [0, 0.1) is 0 Å². The van der Waals surface area contributed by atoms with Crippen LogP contribution in [0.3, 0.4) is 0 Å². The average molecular weight is 368 g/mol. The van der Waals surface area contributed by atoms with Gasteiger partial charge in [0.1, 0.15) is 11.0 Å². The van der Waals surface area contributed by atoms with Gasteiger partial charge in [0.15, 0.2) is 5.78 Å². The minimum atomic E-state index is -1.17. The summed E-state index contributed by atoms with van der Waals surface area (Å²) in [7, 11) is -1.17. The van der Waals surface area contributed by atoms with Gasteiger partial charge in [-0.2, -0.15) is 0 Å². The Bertz CT molecular complexity index is 626. The van der Waals surface area contributed by atoms with E-state index >= 15 is 0 Å². The van der Waals surface area contributed by atoms with Crippen molar-refractivity contribution >= 4 is 28.5 Å². The zero-order valence-corrected chi connectivity index (χ0v) is 16.2. The third kappa shape index (κ3) is 7.25. The number of Topliss-reactive ketones (excluding diaryl/α,β-unsaturated/α-hetero) is 1. The first-order valence-corrected chi connectivity index (χ1v) is 9.76. The molecule has 0 radical (unpaired) electrons. The van der Waals surface area contributed by atoms with Gasteiger partial charge >= 0.3 is 6.09 Å². The summed E-state index contributed by atoms with van der Waals surface area (Å²) in [5, 5.41) is 9.28. The molecular formula is C18H28N2O4S. The molecule has 1 rings (SSSR count). The van der Waals surface area contributed by atoms with E-state index in [0.717, 1.165) is 12.8 Å². The van der Waals surface area contributed by atoms with Crippen molar-refractivity contribution < 1.29 is 18.9 Å². The van der Waals surface area contributed by atoms with Crippen molar-refractivity contribution in [2.75, 3.05) is 17.0 Å². The number of carbonyl (C=O) groups excluding carboxylic acids is 1. The van der Waals surface area contributed by atoms with E-state index in [4.69, 9.17) is 0 Å². The van der Waals surface area contributed by atoms with Crippen LogP contribution >= 0.6 is 0 Å². The Labute approximate surface area is 152 Å². The number of nitrogens with one attached hydrogen (secondary N) is 1. The van der Waals surface area contributed by atoms with E-state index < -0.39 is 22.6 Å². The quantitative estimate of drug-likeness (QED) is 0.647. The SMILES string of the molecule is CCCCS(=O)Nc1cccc(C(=O)CCN(C(=O)O)C(C)(C)C)c1. The Morgan fingerprint density at radius 1 is 1.28 bits per heavy atom. The molecular weight excluding hydrogens is 340 g/mol. The largest absolute Gasteiger partial charge is 0.465 e. The summed E-state index contributed by atoms with van der Waals surface area (Å²) in [6.07, 6.45) is 0.906. The molecule has 0 spiro atoms. The number of amides is 1. The van der Waals surface area contributed by atoms with E-state index in [2.05, 4.69) is 4.72 Å². The molecule has 0 aliphatic rings. The summed E-state index contributed by atoms with van der Waals surface area (Å²) in [6, 6.07) is 6.84. The summed E-state index contributed by atoms with van der Waals surface area (Å²) in [5.41, 5.74) is 0.550. The Morgan fingerprint density at radius 2 is 1.96 bits per heavy atom. The minimum absolute atomic E-state index is 0.103. The van der Waals surface area contributed by atoms with Gasteiger partial charge in [-0.3, -0.25) is 4.79 Å². The molecule has 0 aliphatic heterocycles. The van der Waals surface area contributed by atoms with Crippen molar-refractivity contribution in [1.29, 1.82) is 0 Å². The molecule has 1 atom stereocenters. The summed E-state index contributed by atoms with van der Waals surface area (Å²) >= 11 is 0. The molecule has 7 heteroatoms. The van der Waals surface area contributed by atoms with Gasteiger partial charge in [0, 0.05) is 35.5 Å². The monoisotopic (exact) mass is 368 g/mol. The molecule has 1 aromatic carbocycles. The van der Waals surface area contributed by atoms with Gasteiger partial charge in [-0.05, 0) is 39.3 Å². The van der Waals surface area contributed by atoms with E-state index in [-0.39, 0.29) is 18.7 Å². The van der Waals surface area contributed by atoms with Crippen molar-refractivity contribution in [3.63, 3.8) is 0 Å². The minimum Gasteiger partial charge on any atom is -0.465 e. The van der Waals surface area contributed by atoms with Crippen LogP contribution in [0.15, 0.2) is 24.3 Å². The fraction of sp³-hybridized carbons (Fsp3) is 0.556. The number of nitrogens with zero attached hydrogens (tertiary/aromatic N) is 1. The smallest absolute Gasteiger partial charge is 0.407 e. The fourth-order valence-corrected chi connectivity index (χ4v) is 3.33. The molecule has 0 fully saturated rings. The Morgan fingerprint density at radius 3 is 2.52 bits per heavy atom. The summed E-state index contributed by atoms with van der Waals surface area (Å²) in [4.78, 5) is 25.0. The molecule has 6 nitrogen and oxygen atoms in total. The lowest BCUT2D eigenvalue weighted by Gasteiger charge is -2.32. The summed E-state index contributed by atoms with van der Waals surface area (Å²) in [5.74, 6) is 0.423. The molecule has 2 N–H and O–H groups in total. The number of hydrogen-bond acceptors (Lipinski definition) is 3. The first kappa shape index (κ1) is 21.2. The molecule has 140 valence electrons. The molecule has 1 aromatic rings. The second-order valence-corrected chi connectivity index (χ2v) is 8.17. The number of hydrogen-bond donors (Lipinski definition) is 2. The number of benzene rings is 1. The van der Waals surface area contributed by atoms with Crippen LogP contribution in [0.5, 0.6) is 0 Å². The highest BCUT2D eigenvalue weighted by Gasteiger charge is 2.26. The predicted molar refractivity (Wildman–Crippen MR) is 101 cm³/mol. The zero-order valence-electron chi connectivity index (χ0n) is 15.4. The van der Waals surface area contributed by atoms with Crippen LogP contribution in [-0.4, -0.2) is 43.9 Å². The van der Waals surface area contributed by atoms with Gasteiger partial charge in [-0.1, -0.05) is 25.5 Å². The molecule has 0 saturated heterocycles. The number of ketones is 1. The van der Waals surface area contributed by atoms with Gasteiger partial charge in [0.05, 0.1) is 0 Å². The molecule has 0 aromatic heterocycles. The molecule has 25 heavy (non-hydrogen) atoms. The second-order valence-electron chi connectivity index (χ2n) is 6.86. The summed E-state index contributed by atoms with van der Waals surface area (Å²) < 4.78 is 14.8. The van der Waals surface area contributed by atoms with E-state index in [0.29, 0.717) is 17.0 Å². The van der Waals surface area contributed by atoms with Crippen molar-refractivity contribution in [2.24, 2.45) is 0 Å². The Kier molecular flexibility index (Phi) is 8.09. The van der Waals surface area contributed by atoms with Crippen LogP contribution in [0.1, 0.15) is 57.3 Å². The van der Waals surface area contributed by atoms with Crippen LogP contribution in [0.4, 0.5) is 10.5 Å². The van der Waals surface area contributed by atoms with Crippen molar-refractivity contribution in [3.8, 4) is 0 Å². The normalized spacial score (nSPS) is 12.5. The van der Waals surface area contributed by atoms with Gasteiger partial charge in [0.2, 0.25) is 0 Å².